The van der Waals surface area contributed by atoms with E-state index >= 15 is 0 Å². The highest BCUT2D eigenvalue weighted by molar-refractivity contribution is 5.95. The Morgan fingerprint density at radius 2 is 2.20 bits per heavy atom. The second-order valence-electron chi connectivity index (χ2n) is 6.18. The number of aryl methyl sites for hydroxylation is 1. The number of hydrogen-bond donors (Lipinski definition) is 2. The van der Waals surface area contributed by atoms with Gasteiger partial charge in [0.05, 0.1) is 0 Å². The molecule has 1 saturated heterocycles. The van der Waals surface area contributed by atoms with Crippen molar-refractivity contribution in [2.45, 2.75) is 12.8 Å². The van der Waals surface area contributed by atoms with Gasteiger partial charge in [-0.3, -0.25) is 14.3 Å². The van der Waals surface area contributed by atoms with E-state index in [-0.39, 0.29) is 29.2 Å². The molecule has 2 aromatic heterocycles. The predicted molar refractivity (Wildman–Crippen MR) is 90.1 cm³/mol. The van der Waals surface area contributed by atoms with Crippen LogP contribution >= 0.6 is 0 Å². The van der Waals surface area contributed by atoms with Crippen molar-refractivity contribution in [1.82, 2.24) is 25.0 Å². The van der Waals surface area contributed by atoms with Crippen LogP contribution in [0.2, 0.25) is 0 Å². The van der Waals surface area contributed by atoms with Crippen molar-refractivity contribution < 1.29 is 14.7 Å². The number of nitrogens with one attached hydrogen (secondary N) is 1. The number of carbonyl (C=O) groups is 2. The number of aromatic hydroxyl groups is 1. The minimum absolute atomic E-state index is 0.0714. The SMILES string of the molecule is Cn1nccc1C(=O)NCC1CCCN(C(=O)c2ncccc2O)C1. The molecule has 1 aliphatic heterocycles. The van der Waals surface area contributed by atoms with Crippen molar-refractivity contribution in [1.29, 1.82) is 0 Å². The maximum absolute atomic E-state index is 12.5. The zero-order chi connectivity index (χ0) is 17.8. The van der Waals surface area contributed by atoms with Gasteiger partial charge in [-0.15, -0.1) is 0 Å². The molecular formula is C17H21N5O3. The topological polar surface area (TPSA) is 100 Å². The lowest BCUT2D eigenvalue weighted by Gasteiger charge is -2.32. The predicted octanol–water partition coefficient (Wildman–Crippen LogP) is 0.803. The van der Waals surface area contributed by atoms with Crippen LogP contribution in [0.3, 0.4) is 0 Å². The normalized spacial score (nSPS) is 17.3. The van der Waals surface area contributed by atoms with Crippen molar-refractivity contribution in [2.75, 3.05) is 19.6 Å². The Balaban J connectivity index is 1.58. The number of nitrogens with zero attached hydrogens (tertiary/aromatic N) is 4. The zero-order valence-corrected chi connectivity index (χ0v) is 14.1. The molecule has 0 radical (unpaired) electrons. The van der Waals surface area contributed by atoms with E-state index < -0.39 is 0 Å². The van der Waals surface area contributed by atoms with Crippen LogP contribution in [-0.4, -0.2) is 56.2 Å². The summed E-state index contributed by atoms with van der Waals surface area (Å²) in [6.07, 6.45) is 4.85. The van der Waals surface area contributed by atoms with Crippen LogP contribution in [0.1, 0.15) is 33.8 Å². The Bertz CT molecular complexity index is 773. The minimum Gasteiger partial charge on any atom is -0.505 e. The Kier molecular flexibility index (Phi) is 4.97. The molecule has 1 aliphatic rings. The van der Waals surface area contributed by atoms with Gasteiger partial charge in [-0.1, -0.05) is 0 Å². The monoisotopic (exact) mass is 343 g/mol. The van der Waals surface area contributed by atoms with Gasteiger partial charge >= 0.3 is 0 Å². The standard InChI is InChI=1S/C17H21N5O3/c1-21-13(6-8-20-21)16(24)19-10-12-4-3-9-22(11-12)17(25)15-14(23)5-2-7-18-15/h2,5-8,12,23H,3-4,9-11H2,1H3,(H,19,24). The van der Waals surface area contributed by atoms with Crippen LogP contribution in [0, 0.1) is 5.92 Å². The second-order valence-corrected chi connectivity index (χ2v) is 6.18. The van der Waals surface area contributed by atoms with Gasteiger partial charge in [-0.25, -0.2) is 4.98 Å². The summed E-state index contributed by atoms with van der Waals surface area (Å²) in [6.45, 7) is 1.64. The summed E-state index contributed by atoms with van der Waals surface area (Å²) >= 11 is 0. The molecule has 2 amide bonds. The largest absolute Gasteiger partial charge is 0.505 e. The van der Waals surface area contributed by atoms with E-state index in [0.717, 1.165) is 12.8 Å². The highest BCUT2D eigenvalue weighted by atomic mass is 16.3. The molecule has 3 rings (SSSR count). The highest BCUT2D eigenvalue weighted by Gasteiger charge is 2.27. The molecule has 2 N–H and O–H groups in total. The molecule has 132 valence electrons. The van der Waals surface area contributed by atoms with E-state index in [1.807, 2.05) is 0 Å². The highest BCUT2D eigenvalue weighted by Crippen LogP contribution is 2.21. The third kappa shape index (κ3) is 3.78. The third-order valence-corrected chi connectivity index (χ3v) is 4.40. The van der Waals surface area contributed by atoms with Crippen molar-refractivity contribution in [2.24, 2.45) is 13.0 Å². The Morgan fingerprint density at radius 1 is 1.36 bits per heavy atom. The zero-order valence-electron chi connectivity index (χ0n) is 14.1. The molecule has 3 heterocycles. The van der Waals surface area contributed by atoms with Crippen LogP contribution in [0.15, 0.2) is 30.6 Å². The molecule has 0 spiro atoms. The molecule has 2 aromatic rings. The quantitative estimate of drug-likeness (QED) is 0.855. The van der Waals surface area contributed by atoms with Gasteiger partial charge in [-0.05, 0) is 37.0 Å². The number of aromatic nitrogens is 3. The summed E-state index contributed by atoms with van der Waals surface area (Å²) < 4.78 is 1.52. The van der Waals surface area contributed by atoms with Gasteiger partial charge < -0.3 is 15.3 Å². The lowest BCUT2D eigenvalue weighted by molar-refractivity contribution is 0.0661. The van der Waals surface area contributed by atoms with Crippen LogP contribution < -0.4 is 5.32 Å². The van der Waals surface area contributed by atoms with E-state index in [1.54, 1.807) is 30.3 Å². The Morgan fingerprint density at radius 3 is 2.92 bits per heavy atom. The molecule has 25 heavy (non-hydrogen) atoms. The van der Waals surface area contributed by atoms with Crippen molar-refractivity contribution >= 4 is 11.8 Å². The average Bonchev–Trinajstić information content (AvgIpc) is 3.06. The minimum atomic E-state index is -0.277. The first-order chi connectivity index (χ1) is 12.1. The average molecular weight is 343 g/mol. The fourth-order valence-electron chi connectivity index (χ4n) is 3.05. The first-order valence-electron chi connectivity index (χ1n) is 8.25. The Hall–Kier alpha value is -2.90. The van der Waals surface area contributed by atoms with E-state index in [0.29, 0.717) is 25.3 Å². The number of carbonyl (C=O) groups excluding carboxylic acids is 2. The summed E-state index contributed by atoms with van der Waals surface area (Å²) in [5.74, 6) is -0.397. The molecule has 0 aliphatic carbocycles. The van der Waals surface area contributed by atoms with Gasteiger partial charge in [0.25, 0.3) is 11.8 Å². The lowest BCUT2D eigenvalue weighted by Crippen LogP contribution is -2.44. The number of likely N-dealkylation sites (tertiary alicyclic amines) is 1. The smallest absolute Gasteiger partial charge is 0.276 e. The lowest BCUT2D eigenvalue weighted by atomic mass is 9.97. The molecule has 0 aromatic carbocycles. The molecule has 0 saturated carbocycles. The number of piperidine rings is 1. The van der Waals surface area contributed by atoms with Crippen LogP contribution in [0.5, 0.6) is 5.75 Å². The Labute approximate surface area is 145 Å². The number of pyridine rings is 1. The summed E-state index contributed by atoms with van der Waals surface area (Å²) in [7, 11) is 1.72. The summed E-state index contributed by atoms with van der Waals surface area (Å²) in [6, 6.07) is 4.70. The van der Waals surface area contributed by atoms with Crippen molar-refractivity contribution in [3.05, 3.63) is 42.0 Å². The first kappa shape index (κ1) is 16.9. The van der Waals surface area contributed by atoms with Gasteiger partial charge in [0.1, 0.15) is 11.4 Å². The van der Waals surface area contributed by atoms with Crippen molar-refractivity contribution in [3.63, 3.8) is 0 Å². The third-order valence-electron chi connectivity index (χ3n) is 4.40. The molecule has 1 unspecified atom stereocenters. The van der Waals surface area contributed by atoms with Gasteiger partial charge in [-0.2, -0.15) is 5.10 Å². The summed E-state index contributed by atoms with van der Waals surface area (Å²) in [4.78, 5) is 30.4. The van der Waals surface area contributed by atoms with Crippen LogP contribution in [0.25, 0.3) is 0 Å². The van der Waals surface area contributed by atoms with Crippen molar-refractivity contribution in [3.8, 4) is 5.75 Å². The molecule has 0 bridgehead atoms. The van der Waals surface area contributed by atoms with E-state index in [1.165, 1.54) is 16.9 Å². The molecular weight excluding hydrogens is 322 g/mol. The van der Waals surface area contributed by atoms with Crippen LogP contribution in [0.4, 0.5) is 0 Å². The fourth-order valence-corrected chi connectivity index (χ4v) is 3.05. The molecule has 1 atom stereocenters. The van der Waals surface area contributed by atoms with E-state index in [2.05, 4.69) is 15.4 Å². The fraction of sp³-hybridized carbons (Fsp3) is 0.412. The summed E-state index contributed by atoms with van der Waals surface area (Å²) in [5.41, 5.74) is 0.573. The maximum atomic E-state index is 12.5. The molecule has 8 nitrogen and oxygen atoms in total. The van der Waals surface area contributed by atoms with Gasteiger partial charge in [0.2, 0.25) is 0 Å². The second kappa shape index (κ2) is 7.33. The summed E-state index contributed by atoms with van der Waals surface area (Å²) in [5, 5.41) is 16.7. The van der Waals surface area contributed by atoms with Gasteiger partial charge in [0, 0.05) is 39.1 Å². The van der Waals surface area contributed by atoms with Crippen LogP contribution in [-0.2, 0) is 7.05 Å². The maximum Gasteiger partial charge on any atom is 0.276 e. The van der Waals surface area contributed by atoms with E-state index in [4.69, 9.17) is 0 Å². The van der Waals surface area contributed by atoms with Gasteiger partial charge in [0.15, 0.2) is 5.69 Å². The number of rotatable bonds is 4. The number of amides is 2. The number of hydrogen-bond acceptors (Lipinski definition) is 5. The molecule has 8 heteroatoms. The van der Waals surface area contributed by atoms with E-state index in [9.17, 15) is 14.7 Å². The first-order valence-corrected chi connectivity index (χ1v) is 8.25. The molecule has 1 fully saturated rings.